The van der Waals surface area contributed by atoms with E-state index >= 15 is 0 Å². The number of hydrogen-bond acceptors (Lipinski definition) is 5. The first-order valence-electron chi connectivity index (χ1n) is 5.59. The summed E-state index contributed by atoms with van der Waals surface area (Å²) in [6, 6.07) is 4.01. The molecule has 18 heavy (non-hydrogen) atoms. The maximum Gasteiger partial charge on any atom is 0.325 e. The predicted octanol–water partition coefficient (Wildman–Crippen LogP) is 0.898. The number of hydrogen-bond donors (Lipinski definition) is 5. The Morgan fingerprint density at radius 2 is 2.11 bits per heavy atom. The average molecular weight is 254 g/mol. The molecule has 0 fully saturated rings. The number of carboxylic acids is 1. The second kappa shape index (κ2) is 5.24. The molecular formula is C12H18N2O4. The monoisotopic (exact) mass is 254 g/mol. The molecule has 0 aliphatic rings. The summed E-state index contributed by atoms with van der Waals surface area (Å²) in [6.45, 7) is 3.22. The van der Waals surface area contributed by atoms with Gasteiger partial charge in [-0.3, -0.25) is 10.6 Å². The lowest BCUT2D eigenvalue weighted by molar-refractivity contribution is -0.145. The number of aliphatic carboxylic acids is 1. The summed E-state index contributed by atoms with van der Waals surface area (Å²) in [4.78, 5) is 11.3. The molecule has 0 aliphatic heterocycles. The lowest BCUT2D eigenvalue weighted by Gasteiger charge is -2.33. The van der Waals surface area contributed by atoms with E-state index in [1.54, 1.807) is 6.92 Å². The highest BCUT2D eigenvalue weighted by atomic mass is 16.4. The van der Waals surface area contributed by atoms with Gasteiger partial charge in [-0.05, 0) is 31.5 Å². The molecular weight excluding hydrogens is 236 g/mol. The van der Waals surface area contributed by atoms with E-state index < -0.39 is 17.4 Å². The topological polar surface area (TPSA) is 116 Å². The molecule has 1 rings (SSSR count). The van der Waals surface area contributed by atoms with Gasteiger partial charge in [0.15, 0.2) is 0 Å². The Hall–Kier alpha value is -1.79. The Balaban J connectivity index is 3.32. The van der Waals surface area contributed by atoms with Crippen molar-refractivity contribution in [3.63, 3.8) is 0 Å². The third-order valence-corrected chi connectivity index (χ3v) is 3.24. The van der Waals surface area contributed by atoms with Crippen LogP contribution in [0.2, 0.25) is 0 Å². The largest absolute Gasteiger partial charge is 0.508 e. The third-order valence-electron chi connectivity index (χ3n) is 3.24. The summed E-state index contributed by atoms with van der Waals surface area (Å²) in [7, 11) is 0. The minimum Gasteiger partial charge on any atom is -0.508 e. The molecule has 1 aromatic carbocycles. The van der Waals surface area contributed by atoms with Gasteiger partial charge in [-0.1, -0.05) is 6.92 Å². The fourth-order valence-corrected chi connectivity index (χ4v) is 2.07. The number of carbonyl (C=O) groups is 1. The molecule has 0 saturated carbocycles. The van der Waals surface area contributed by atoms with Gasteiger partial charge in [0.1, 0.15) is 17.0 Å². The molecule has 0 bridgehead atoms. The molecule has 0 aromatic heterocycles. The molecule has 6 heteroatoms. The highest BCUT2D eigenvalue weighted by molar-refractivity contribution is 5.80. The Morgan fingerprint density at radius 1 is 1.50 bits per heavy atom. The van der Waals surface area contributed by atoms with Crippen molar-refractivity contribution in [1.29, 1.82) is 0 Å². The zero-order valence-corrected chi connectivity index (χ0v) is 10.3. The molecule has 2 atom stereocenters. The van der Waals surface area contributed by atoms with Gasteiger partial charge in [0.05, 0.1) is 0 Å². The van der Waals surface area contributed by atoms with Crippen LogP contribution in [0.1, 0.15) is 31.7 Å². The van der Waals surface area contributed by atoms with E-state index in [4.69, 9.17) is 5.84 Å². The number of rotatable bonds is 5. The van der Waals surface area contributed by atoms with Gasteiger partial charge in [-0.2, -0.15) is 0 Å². The van der Waals surface area contributed by atoms with E-state index in [9.17, 15) is 20.1 Å². The van der Waals surface area contributed by atoms with E-state index in [-0.39, 0.29) is 11.5 Å². The number of hydrazine groups is 1. The summed E-state index contributed by atoms with van der Waals surface area (Å²) >= 11 is 0. The van der Waals surface area contributed by atoms with Gasteiger partial charge in [0, 0.05) is 11.5 Å². The normalized spacial score (nSPS) is 15.9. The zero-order valence-electron chi connectivity index (χ0n) is 10.3. The number of carboxylic acid groups (broad SMARTS) is 1. The quantitative estimate of drug-likeness (QED) is 0.303. The fourth-order valence-electron chi connectivity index (χ4n) is 2.07. The number of phenolic OH excluding ortho intramolecular Hbond substituents is 2. The van der Waals surface area contributed by atoms with E-state index in [0.29, 0.717) is 12.0 Å². The van der Waals surface area contributed by atoms with Crippen molar-refractivity contribution >= 4 is 5.97 Å². The summed E-state index contributed by atoms with van der Waals surface area (Å²) in [5.41, 5.74) is 1.20. The molecule has 6 nitrogen and oxygen atoms in total. The molecule has 0 saturated heterocycles. The molecule has 0 aliphatic carbocycles. The maximum atomic E-state index is 11.3. The number of benzene rings is 1. The van der Waals surface area contributed by atoms with Crippen LogP contribution in [0.4, 0.5) is 0 Å². The van der Waals surface area contributed by atoms with Crippen LogP contribution in [0.5, 0.6) is 11.5 Å². The number of nitrogens with two attached hydrogens (primary N) is 1. The predicted molar refractivity (Wildman–Crippen MR) is 66.2 cm³/mol. The van der Waals surface area contributed by atoms with Gasteiger partial charge in [0.2, 0.25) is 0 Å². The first-order chi connectivity index (χ1) is 8.36. The van der Waals surface area contributed by atoms with Crippen molar-refractivity contribution in [1.82, 2.24) is 5.43 Å². The first-order valence-corrected chi connectivity index (χ1v) is 5.59. The van der Waals surface area contributed by atoms with Gasteiger partial charge in [-0.25, -0.2) is 5.43 Å². The van der Waals surface area contributed by atoms with E-state index in [2.05, 4.69) is 5.43 Å². The highest BCUT2D eigenvalue weighted by Crippen LogP contribution is 2.37. The SMILES string of the molecule is CCC(c1cc(O)ccc1O)C(C)(NN)C(=O)O. The average Bonchev–Trinajstić information content (AvgIpc) is 2.33. The van der Waals surface area contributed by atoms with Crippen molar-refractivity contribution in [3.05, 3.63) is 23.8 Å². The van der Waals surface area contributed by atoms with Crippen LogP contribution >= 0.6 is 0 Å². The van der Waals surface area contributed by atoms with Gasteiger partial charge >= 0.3 is 5.97 Å². The van der Waals surface area contributed by atoms with E-state index in [1.807, 2.05) is 0 Å². The molecule has 0 radical (unpaired) electrons. The second-order valence-electron chi connectivity index (χ2n) is 4.36. The van der Waals surface area contributed by atoms with Crippen molar-refractivity contribution < 1.29 is 20.1 Å². The summed E-state index contributed by atoms with van der Waals surface area (Å²) in [6.07, 6.45) is 0.435. The third kappa shape index (κ3) is 2.39. The van der Waals surface area contributed by atoms with Gasteiger partial charge in [0.25, 0.3) is 0 Å². The standard InChI is InChI=1S/C12H18N2O4/c1-3-9(12(2,14-13)11(17)18)8-6-7(15)4-5-10(8)16/h4-6,9,14-16H,3,13H2,1-2H3,(H,17,18). The van der Waals surface area contributed by atoms with E-state index in [1.165, 1.54) is 25.1 Å². The Labute approximate surface area is 105 Å². The molecule has 0 amide bonds. The fraction of sp³-hybridized carbons (Fsp3) is 0.417. The smallest absolute Gasteiger partial charge is 0.325 e. The number of nitrogens with one attached hydrogen (secondary N) is 1. The van der Waals surface area contributed by atoms with Gasteiger partial charge in [-0.15, -0.1) is 0 Å². The van der Waals surface area contributed by atoms with Crippen molar-refractivity contribution in [2.45, 2.75) is 31.7 Å². The molecule has 6 N–H and O–H groups in total. The van der Waals surface area contributed by atoms with Crippen LogP contribution in [0.3, 0.4) is 0 Å². The molecule has 0 spiro atoms. The molecule has 0 heterocycles. The van der Waals surface area contributed by atoms with Crippen LogP contribution in [-0.2, 0) is 4.79 Å². The van der Waals surface area contributed by atoms with Crippen molar-refractivity contribution in [3.8, 4) is 11.5 Å². The Kier molecular flexibility index (Phi) is 4.15. The van der Waals surface area contributed by atoms with Gasteiger partial charge < -0.3 is 15.3 Å². The summed E-state index contributed by atoms with van der Waals surface area (Å²) in [5, 5.41) is 28.5. The van der Waals surface area contributed by atoms with Crippen LogP contribution in [0.25, 0.3) is 0 Å². The van der Waals surface area contributed by atoms with Crippen LogP contribution in [-0.4, -0.2) is 26.8 Å². The van der Waals surface area contributed by atoms with Crippen molar-refractivity contribution in [2.24, 2.45) is 5.84 Å². The number of phenols is 2. The molecule has 1 aromatic rings. The zero-order chi connectivity index (χ0) is 13.9. The first kappa shape index (κ1) is 14.3. The Morgan fingerprint density at radius 3 is 2.56 bits per heavy atom. The van der Waals surface area contributed by atoms with Crippen LogP contribution < -0.4 is 11.3 Å². The lowest BCUT2D eigenvalue weighted by Crippen LogP contribution is -2.57. The maximum absolute atomic E-state index is 11.3. The van der Waals surface area contributed by atoms with Crippen molar-refractivity contribution in [2.75, 3.05) is 0 Å². The Bertz CT molecular complexity index is 450. The van der Waals surface area contributed by atoms with Crippen LogP contribution in [0, 0.1) is 0 Å². The number of aromatic hydroxyl groups is 2. The van der Waals surface area contributed by atoms with Crippen LogP contribution in [0.15, 0.2) is 18.2 Å². The minimum atomic E-state index is -1.43. The summed E-state index contributed by atoms with van der Waals surface area (Å²) < 4.78 is 0. The lowest BCUT2D eigenvalue weighted by atomic mass is 9.78. The van der Waals surface area contributed by atoms with E-state index in [0.717, 1.165) is 0 Å². The highest BCUT2D eigenvalue weighted by Gasteiger charge is 2.41. The molecule has 100 valence electrons. The second-order valence-corrected chi connectivity index (χ2v) is 4.36. The minimum absolute atomic E-state index is 0.0361. The summed E-state index contributed by atoms with van der Waals surface area (Å²) in [5.74, 6) is 3.53. The molecule has 2 unspecified atom stereocenters.